The molecule has 0 amide bonds. The topological polar surface area (TPSA) is 94.6 Å². The minimum absolute atomic E-state index is 0.0118. The lowest BCUT2D eigenvalue weighted by Crippen LogP contribution is -2.02. The summed E-state index contributed by atoms with van der Waals surface area (Å²) in [6.45, 7) is 0. The van der Waals surface area contributed by atoms with Crippen LogP contribution in [0.1, 0.15) is 0 Å². The number of anilines is 2. The number of ether oxygens (including phenoxy) is 1. The molecule has 0 atom stereocenters. The van der Waals surface area contributed by atoms with Crippen molar-refractivity contribution in [2.75, 3.05) is 12.4 Å². The zero-order chi connectivity index (χ0) is 14.8. The number of fused-ring (bicyclic) bond motifs is 1. The Morgan fingerprint density at radius 1 is 1.33 bits per heavy atom. The molecule has 2 aromatic heterocycles. The molecule has 106 valence electrons. The standard InChI is InChI=1S/C13H11N5O3/c1-21-13-8-12(17-11(16-13)5-6-14-17)15-9-3-2-4-10(7-9)18(19)20/h2-8,15H,1H3. The summed E-state index contributed by atoms with van der Waals surface area (Å²) in [6, 6.07) is 9.62. The molecule has 1 aromatic carbocycles. The molecule has 0 spiro atoms. The first kappa shape index (κ1) is 12.9. The predicted molar refractivity (Wildman–Crippen MR) is 75.9 cm³/mol. The lowest BCUT2D eigenvalue weighted by atomic mass is 10.3. The normalized spacial score (nSPS) is 10.5. The van der Waals surface area contributed by atoms with Gasteiger partial charge in [-0.1, -0.05) is 6.07 Å². The van der Waals surface area contributed by atoms with E-state index in [2.05, 4.69) is 15.4 Å². The molecule has 3 rings (SSSR count). The highest BCUT2D eigenvalue weighted by molar-refractivity contribution is 5.62. The molecule has 0 aliphatic heterocycles. The second-order valence-electron chi connectivity index (χ2n) is 4.22. The molecular weight excluding hydrogens is 274 g/mol. The Hall–Kier alpha value is -3.16. The third-order valence-electron chi connectivity index (χ3n) is 2.87. The van der Waals surface area contributed by atoms with Crippen molar-refractivity contribution in [3.05, 3.63) is 52.7 Å². The van der Waals surface area contributed by atoms with Crippen LogP contribution < -0.4 is 10.1 Å². The van der Waals surface area contributed by atoms with E-state index in [1.165, 1.54) is 19.2 Å². The fraction of sp³-hybridized carbons (Fsp3) is 0.0769. The molecule has 3 aromatic rings. The van der Waals surface area contributed by atoms with Gasteiger partial charge in [-0.05, 0) is 6.07 Å². The second-order valence-corrected chi connectivity index (χ2v) is 4.22. The smallest absolute Gasteiger partial charge is 0.271 e. The maximum absolute atomic E-state index is 10.8. The van der Waals surface area contributed by atoms with Gasteiger partial charge in [0.15, 0.2) is 5.65 Å². The zero-order valence-electron chi connectivity index (χ0n) is 11.1. The van der Waals surface area contributed by atoms with Gasteiger partial charge in [-0.25, -0.2) is 0 Å². The van der Waals surface area contributed by atoms with Crippen LogP contribution in [-0.4, -0.2) is 26.6 Å². The maximum Gasteiger partial charge on any atom is 0.271 e. The molecule has 2 heterocycles. The van der Waals surface area contributed by atoms with E-state index in [0.29, 0.717) is 23.0 Å². The fourth-order valence-electron chi connectivity index (χ4n) is 1.93. The van der Waals surface area contributed by atoms with Crippen LogP contribution in [0.25, 0.3) is 5.65 Å². The van der Waals surface area contributed by atoms with Crippen molar-refractivity contribution < 1.29 is 9.66 Å². The molecule has 8 nitrogen and oxygen atoms in total. The van der Waals surface area contributed by atoms with E-state index in [0.717, 1.165) is 0 Å². The van der Waals surface area contributed by atoms with Crippen LogP contribution in [0, 0.1) is 10.1 Å². The first-order valence-electron chi connectivity index (χ1n) is 6.07. The number of benzene rings is 1. The van der Waals surface area contributed by atoms with E-state index in [-0.39, 0.29) is 5.69 Å². The number of hydrogen-bond acceptors (Lipinski definition) is 6. The summed E-state index contributed by atoms with van der Waals surface area (Å²) in [7, 11) is 1.52. The molecule has 0 unspecified atom stereocenters. The molecule has 0 aliphatic rings. The molecule has 0 saturated carbocycles. The van der Waals surface area contributed by atoms with Crippen LogP contribution in [0.3, 0.4) is 0 Å². The van der Waals surface area contributed by atoms with Crippen LogP contribution in [0.4, 0.5) is 17.2 Å². The van der Waals surface area contributed by atoms with Crippen molar-refractivity contribution in [2.24, 2.45) is 0 Å². The maximum atomic E-state index is 10.8. The second kappa shape index (κ2) is 5.08. The Labute approximate surface area is 119 Å². The number of nitrogens with zero attached hydrogens (tertiary/aromatic N) is 4. The van der Waals surface area contributed by atoms with Crippen LogP contribution >= 0.6 is 0 Å². The predicted octanol–water partition coefficient (Wildman–Crippen LogP) is 2.39. The molecule has 0 fully saturated rings. The van der Waals surface area contributed by atoms with E-state index in [1.807, 2.05) is 0 Å². The van der Waals surface area contributed by atoms with Crippen molar-refractivity contribution in [1.82, 2.24) is 14.6 Å². The van der Waals surface area contributed by atoms with Gasteiger partial charge >= 0.3 is 0 Å². The highest BCUT2D eigenvalue weighted by Gasteiger charge is 2.09. The number of non-ortho nitro benzene ring substituents is 1. The molecule has 8 heteroatoms. The third-order valence-corrected chi connectivity index (χ3v) is 2.87. The van der Waals surface area contributed by atoms with Crippen molar-refractivity contribution in [3.8, 4) is 5.88 Å². The SMILES string of the molecule is COc1cc(Nc2cccc([N+](=O)[O-])c2)n2nccc2n1. The first-order valence-corrected chi connectivity index (χ1v) is 6.07. The molecule has 21 heavy (non-hydrogen) atoms. The zero-order valence-corrected chi connectivity index (χ0v) is 11.1. The van der Waals surface area contributed by atoms with Gasteiger partial charge in [0.25, 0.3) is 5.69 Å². The van der Waals surface area contributed by atoms with E-state index >= 15 is 0 Å². The highest BCUT2D eigenvalue weighted by atomic mass is 16.6. The molecule has 1 N–H and O–H groups in total. The van der Waals surface area contributed by atoms with Gasteiger partial charge in [-0.3, -0.25) is 10.1 Å². The minimum Gasteiger partial charge on any atom is -0.481 e. The summed E-state index contributed by atoms with van der Waals surface area (Å²) < 4.78 is 6.72. The van der Waals surface area contributed by atoms with Crippen molar-refractivity contribution in [1.29, 1.82) is 0 Å². The Bertz CT molecular complexity index is 814. The summed E-state index contributed by atoms with van der Waals surface area (Å²) in [5, 5.41) is 18.0. The Balaban J connectivity index is 2.03. The fourth-order valence-corrected chi connectivity index (χ4v) is 1.93. The lowest BCUT2D eigenvalue weighted by molar-refractivity contribution is -0.384. The molecule has 0 bridgehead atoms. The van der Waals surface area contributed by atoms with Gasteiger partial charge in [0.1, 0.15) is 5.82 Å². The van der Waals surface area contributed by atoms with Crippen LogP contribution in [0.5, 0.6) is 5.88 Å². The van der Waals surface area contributed by atoms with Gasteiger partial charge in [0.2, 0.25) is 5.88 Å². The summed E-state index contributed by atoms with van der Waals surface area (Å²) in [4.78, 5) is 14.6. The van der Waals surface area contributed by atoms with Crippen molar-refractivity contribution in [3.63, 3.8) is 0 Å². The highest BCUT2D eigenvalue weighted by Crippen LogP contribution is 2.24. The van der Waals surface area contributed by atoms with E-state index in [1.54, 1.807) is 35.0 Å². The minimum atomic E-state index is -0.443. The lowest BCUT2D eigenvalue weighted by Gasteiger charge is -2.09. The molecule has 0 aliphatic carbocycles. The van der Waals surface area contributed by atoms with Gasteiger partial charge in [-0.2, -0.15) is 14.6 Å². The van der Waals surface area contributed by atoms with Crippen LogP contribution in [0.2, 0.25) is 0 Å². The van der Waals surface area contributed by atoms with Gasteiger partial charge in [0, 0.05) is 30.0 Å². The van der Waals surface area contributed by atoms with Crippen molar-refractivity contribution >= 4 is 22.8 Å². The largest absolute Gasteiger partial charge is 0.481 e. The molecule has 0 saturated heterocycles. The summed E-state index contributed by atoms with van der Waals surface area (Å²) in [5.74, 6) is 1.03. The van der Waals surface area contributed by atoms with Crippen LogP contribution in [0.15, 0.2) is 42.6 Å². The van der Waals surface area contributed by atoms with Crippen LogP contribution in [-0.2, 0) is 0 Å². The molecule has 0 radical (unpaired) electrons. The first-order chi connectivity index (χ1) is 10.2. The van der Waals surface area contributed by atoms with Crippen molar-refractivity contribution in [2.45, 2.75) is 0 Å². The summed E-state index contributed by atoms with van der Waals surface area (Å²) in [6.07, 6.45) is 1.61. The number of nitro groups is 1. The average molecular weight is 285 g/mol. The molecular formula is C13H11N5O3. The Morgan fingerprint density at radius 2 is 2.19 bits per heavy atom. The number of hydrogen-bond donors (Lipinski definition) is 1. The quantitative estimate of drug-likeness (QED) is 0.584. The average Bonchev–Trinajstić information content (AvgIpc) is 2.96. The Morgan fingerprint density at radius 3 is 2.95 bits per heavy atom. The Kier molecular flexibility index (Phi) is 3.11. The number of rotatable bonds is 4. The summed E-state index contributed by atoms with van der Waals surface area (Å²) in [5.41, 5.74) is 1.20. The van der Waals surface area contributed by atoms with Gasteiger partial charge in [0.05, 0.1) is 18.2 Å². The monoisotopic (exact) mass is 285 g/mol. The van der Waals surface area contributed by atoms with E-state index in [9.17, 15) is 10.1 Å². The van der Waals surface area contributed by atoms with Gasteiger partial charge < -0.3 is 10.1 Å². The summed E-state index contributed by atoms with van der Waals surface area (Å²) >= 11 is 0. The van der Waals surface area contributed by atoms with Gasteiger partial charge in [-0.15, -0.1) is 0 Å². The third kappa shape index (κ3) is 2.46. The number of methoxy groups -OCH3 is 1. The number of nitrogens with one attached hydrogen (secondary N) is 1. The van der Waals surface area contributed by atoms with E-state index in [4.69, 9.17) is 4.74 Å². The number of aromatic nitrogens is 3. The number of nitro benzene ring substituents is 1. The van der Waals surface area contributed by atoms with E-state index < -0.39 is 4.92 Å².